The van der Waals surface area contributed by atoms with E-state index >= 15 is 0 Å². The minimum absolute atomic E-state index is 0.0396. The molecule has 0 saturated heterocycles. The first-order chi connectivity index (χ1) is 15.7. The quantitative estimate of drug-likeness (QED) is 0.442. The van der Waals surface area contributed by atoms with Crippen LogP contribution in [0.2, 0.25) is 0 Å². The van der Waals surface area contributed by atoms with Crippen molar-refractivity contribution in [2.24, 2.45) is 5.41 Å². The lowest BCUT2D eigenvalue weighted by molar-refractivity contribution is -0.123. The van der Waals surface area contributed by atoms with Crippen molar-refractivity contribution in [1.29, 1.82) is 0 Å². The molecule has 0 spiro atoms. The Balaban J connectivity index is 1.65. The smallest absolute Gasteiger partial charge is 0.337 e. The summed E-state index contributed by atoms with van der Waals surface area (Å²) in [7, 11) is 1.36. The van der Waals surface area contributed by atoms with Crippen molar-refractivity contribution >= 4 is 23.2 Å². The number of hydrogen-bond acceptors (Lipinski definition) is 5. The van der Waals surface area contributed by atoms with Gasteiger partial charge in [-0.3, -0.25) is 4.79 Å². The maximum Gasteiger partial charge on any atom is 0.337 e. The van der Waals surface area contributed by atoms with Gasteiger partial charge in [0, 0.05) is 22.2 Å². The van der Waals surface area contributed by atoms with Crippen LogP contribution in [0.15, 0.2) is 60.8 Å². The number of esters is 1. The van der Waals surface area contributed by atoms with E-state index in [0.29, 0.717) is 11.2 Å². The van der Waals surface area contributed by atoms with Crippen molar-refractivity contribution < 1.29 is 14.3 Å². The number of carbonyl (C=O) groups excluding carboxylic acids is 2. The fourth-order valence-corrected chi connectivity index (χ4v) is 3.30. The van der Waals surface area contributed by atoms with Gasteiger partial charge in [-0.05, 0) is 42.8 Å². The zero-order valence-electron chi connectivity index (χ0n) is 19.3. The molecule has 0 aliphatic heterocycles. The summed E-state index contributed by atoms with van der Waals surface area (Å²) in [4.78, 5) is 28.8. The van der Waals surface area contributed by atoms with Crippen LogP contribution in [-0.2, 0) is 9.53 Å². The van der Waals surface area contributed by atoms with E-state index in [0.717, 1.165) is 33.8 Å². The van der Waals surface area contributed by atoms with Crippen molar-refractivity contribution in [3.63, 3.8) is 0 Å². The maximum atomic E-state index is 12.5. The molecule has 4 aromatic rings. The minimum atomic E-state index is -0.485. The molecule has 0 aliphatic carbocycles. The number of carbonyl (C=O) groups is 2. The van der Waals surface area contributed by atoms with Gasteiger partial charge in [0.25, 0.3) is 0 Å². The normalized spacial score (nSPS) is 11.4. The molecule has 0 radical (unpaired) electrons. The third-order valence-corrected chi connectivity index (χ3v) is 5.38. The molecule has 7 heteroatoms. The van der Waals surface area contributed by atoms with E-state index in [9.17, 15) is 9.59 Å². The highest BCUT2D eigenvalue weighted by molar-refractivity contribution is 5.95. The summed E-state index contributed by atoms with van der Waals surface area (Å²) >= 11 is 0. The van der Waals surface area contributed by atoms with Gasteiger partial charge < -0.3 is 10.1 Å². The summed E-state index contributed by atoms with van der Waals surface area (Å²) in [6, 6.07) is 16.8. The van der Waals surface area contributed by atoms with Gasteiger partial charge in [0.05, 0.1) is 30.3 Å². The Labute approximate surface area is 192 Å². The number of anilines is 1. The van der Waals surface area contributed by atoms with Gasteiger partial charge in [-0.1, -0.05) is 45.0 Å². The fraction of sp³-hybridized carbons (Fsp3) is 0.231. The van der Waals surface area contributed by atoms with E-state index in [1.165, 1.54) is 7.11 Å². The number of fused-ring (bicyclic) bond motifs is 1. The number of benzene rings is 2. The standard InChI is InChI=1S/C26H26N4O3/c1-16-6-7-19(14-21(16)28-25(32)26(2,3)4)22-15-30-23(27-22)13-12-20(29-30)17-8-10-18(11-9-17)24(31)33-5/h6-15H,1-5H3,(H,28,32). The summed E-state index contributed by atoms with van der Waals surface area (Å²) in [5.74, 6) is -0.414. The molecule has 0 atom stereocenters. The van der Waals surface area contributed by atoms with Gasteiger partial charge in [0.1, 0.15) is 0 Å². The lowest BCUT2D eigenvalue weighted by Gasteiger charge is -2.19. The van der Waals surface area contributed by atoms with E-state index in [1.54, 1.807) is 16.6 Å². The molecule has 7 nitrogen and oxygen atoms in total. The zero-order valence-corrected chi connectivity index (χ0v) is 19.3. The lowest BCUT2D eigenvalue weighted by Crippen LogP contribution is -2.27. The number of nitrogens with one attached hydrogen (secondary N) is 1. The van der Waals surface area contributed by atoms with Crippen molar-refractivity contribution in [3.8, 4) is 22.5 Å². The van der Waals surface area contributed by atoms with Crippen molar-refractivity contribution in [3.05, 3.63) is 71.9 Å². The van der Waals surface area contributed by atoms with Gasteiger partial charge in [0.15, 0.2) is 5.65 Å². The topological polar surface area (TPSA) is 85.6 Å². The van der Waals surface area contributed by atoms with Crippen molar-refractivity contribution in [2.45, 2.75) is 27.7 Å². The molecule has 2 heterocycles. The first-order valence-electron chi connectivity index (χ1n) is 10.6. The Kier molecular flexibility index (Phi) is 5.72. The van der Waals surface area contributed by atoms with Crippen LogP contribution in [0.1, 0.15) is 36.7 Å². The predicted molar refractivity (Wildman–Crippen MR) is 128 cm³/mol. The second-order valence-corrected chi connectivity index (χ2v) is 8.95. The summed E-state index contributed by atoms with van der Waals surface area (Å²) < 4.78 is 6.48. The fourth-order valence-electron chi connectivity index (χ4n) is 3.30. The average molecular weight is 443 g/mol. The molecule has 0 saturated carbocycles. The predicted octanol–water partition coefficient (Wildman–Crippen LogP) is 5.14. The minimum Gasteiger partial charge on any atom is -0.465 e. The van der Waals surface area contributed by atoms with Gasteiger partial charge in [-0.2, -0.15) is 5.10 Å². The number of aryl methyl sites for hydroxylation is 1. The molecule has 0 bridgehead atoms. The van der Waals surface area contributed by atoms with Crippen molar-refractivity contribution in [1.82, 2.24) is 14.6 Å². The number of methoxy groups -OCH3 is 1. The van der Waals surface area contributed by atoms with Crippen LogP contribution in [0.4, 0.5) is 5.69 Å². The monoisotopic (exact) mass is 442 g/mol. The Morgan fingerprint density at radius 2 is 1.64 bits per heavy atom. The lowest BCUT2D eigenvalue weighted by atomic mass is 9.95. The third kappa shape index (κ3) is 4.62. The molecule has 2 aromatic carbocycles. The summed E-state index contributed by atoms with van der Waals surface area (Å²) in [5.41, 5.74) is 5.74. The molecular formula is C26H26N4O3. The molecule has 33 heavy (non-hydrogen) atoms. The molecule has 0 aliphatic rings. The second-order valence-electron chi connectivity index (χ2n) is 8.95. The first-order valence-corrected chi connectivity index (χ1v) is 10.6. The number of hydrogen-bond donors (Lipinski definition) is 1. The van der Waals surface area contributed by atoms with Crippen LogP contribution >= 0.6 is 0 Å². The highest BCUT2D eigenvalue weighted by Crippen LogP contribution is 2.27. The van der Waals surface area contributed by atoms with Crippen LogP contribution in [0.25, 0.3) is 28.2 Å². The zero-order chi connectivity index (χ0) is 23.8. The number of ether oxygens (including phenoxy) is 1. The Morgan fingerprint density at radius 1 is 0.939 bits per heavy atom. The molecule has 1 amide bonds. The third-order valence-electron chi connectivity index (χ3n) is 5.38. The van der Waals surface area contributed by atoms with Crippen LogP contribution in [0, 0.1) is 12.3 Å². The SMILES string of the molecule is COC(=O)c1ccc(-c2ccc3nc(-c4ccc(C)c(NC(=O)C(C)(C)C)c4)cn3n2)cc1. The van der Waals surface area contributed by atoms with E-state index in [-0.39, 0.29) is 11.9 Å². The Bertz CT molecular complexity index is 1350. The van der Waals surface area contributed by atoms with E-state index in [1.807, 2.05) is 76.4 Å². The van der Waals surface area contributed by atoms with Crippen LogP contribution < -0.4 is 5.32 Å². The first kappa shape index (κ1) is 22.2. The Hall–Kier alpha value is -4.00. The molecule has 1 N–H and O–H groups in total. The van der Waals surface area contributed by atoms with Gasteiger partial charge in [0.2, 0.25) is 5.91 Å². The maximum absolute atomic E-state index is 12.5. The number of imidazole rings is 1. The molecule has 168 valence electrons. The highest BCUT2D eigenvalue weighted by atomic mass is 16.5. The number of rotatable bonds is 4. The largest absolute Gasteiger partial charge is 0.465 e. The van der Waals surface area contributed by atoms with Crippen LogP contribution in [0.3, 0.4) is 0 Å². The number of aromatic nitrogens is 3. The van der Waals surface area contributed by atoms with E-state index in [2.05, 4.69) is 10.4 Å². The molecule has 0 unspecified atom stereocenters. The average Bonchev–Trinajstić information content (AvgIpc) is 3.23. The van der Waals surface area contributed by atoms with E-state index in [4.69, 9.17) is 9.72 Å². The molecule has 4 rings (SSSR count). The van der Waals surface area contributed by atoms with Gasteiger partial charge >= 0.3 is 5.97 Å². The van der Waals surface area contributed by atoms with Gasteiger partial charge in [-0.15, -0.1) is 0 Å². The van der Waals surface area contributed by atoms with Crippen LogP contribution in [-0.4, -0.2) is 33.6 Å². The number of amides is 1. The number of nitrogens with zero attached hydrogens (tertiary/aromatic N) is 3. The highest BCUT2D eigenvalue weighted by Gasteiger charge is 2.22. The summed E-state index contributed by atoms with van der Waals surface area (Å²) in [6.07, 6.45) is 1.86. The molecular weight excluding hydrogens is 416 g/mol. The molecule has 2 aromatic heterocycles. The van der Waals surface area contributed by atoms with Crippen molar-refractivity contribution in [2.75, 3.05) is 12.4 Å². The van der Waals surface area contributed by atoms with Crippen LogP contribution in [0.5, 0.6) is 0 Å². The Morgan fingerprint density at radius 3 is 2.30 bits per heavy atom. The van der Waals surface area contributed by atoms with E-state index < -0.39 is 5.41 Å². The summed E-state index contributed by atoms with van der Waals surface area (Å²) in [6.45, 7) is 7.62. The molecule has 0 fully saturated rings. The summed E-state index contributed by atoms with van der Waals surface area (Å²) in [5, 5.41) is 7.69. The second kappa shape index (κ2) is 8.50. The van der Waals surface area contributed by atoms with Gasteiger partial charge in [-0.25, -0.2) is 14.3 Å².